The summed E-state index contributed by atoms with van der Waals surface area (Å²) in [6.45, 7) is 0. The van der Waals surface area contributed by atoms with Crippen LogP contribution in [-0.4, -0.2) is 28.5 Å². The van der Waals surface area contributed by atoms with E-state index in [1.54, 1.807) is 17.8 Å². The Hall–Kier alpha value is -0.520. The molecule has 0 bridgehead atoms. The molecule has 3 rings (SSSR count). The molecule has 1 atom stereocenters. The van der Waals surface area contributed by atoms with Gasteiger partial charge in [0.1, 0.15) is 4.88 Å². The summed E-state index contributed by atoms with van der Waals surface area (Å²) in [5, 5.41) is 10.8. The van der Waals surface area contributed by atoms with Crippen molar-refractivity contribution < 1.29 is 14.6 Å². The van der Waals surface area contributed by atoms with Crippen molar-refractivity contribution in [1.29, 1.82) is 0 Å². The van der Waals surface area contributed by atoms with Gasteiger partial charge in [-0.05, 0) is 31.7 Å². The second-order valence-corrected chi connectivity index (χ2v) is 7.44. The first-order valence-corrected chi connectivity index (χ1v) is 8.66. The van der Waals surface area contributed by atoms with Gasteiger partial charge in [-0.3, -0.25) is 0 Å². The Morgan fingerprint density at radius 3 is 2.95 bits per heavy atom. The van der Waals surface area contributed by atoms with E-state index in [2.05, 4.69) is 0 Å². The van der Waals surface area contributed by atoms with E-state index in [4.69, 9.17) is 9.84 Å². The van der Waals surface area contributed by atoms with Crippen LogP contribution in [0.25, 0.3) is 0 Å². The summed E-state index contributed by atoms with van der Waals surface area (Å²) in [6.07, 6.45) is 7.80. The number of hydrogen-bond acceptors (Lipinski definition) is 4. The van der Waals surface area contributed by atoms with Gasteiger partial charge in [0, 0.05) is 16.0 Å². The van der Waals surface area contributed by atoms with Crippen molar-refractivity contribution in [3.05, 3.63) is 16.3 Å². The molecule has 2 aliphatic rings. The highest BCUT2D eigenvalue weighted by molar-refractivity contribution is 7.99. The molecule has 1 aliphatic carbocycles. The third-order valence-electron chi connectivity index (χ3n) is 4.08. The van der Waals surface area contributed by atoms with Gasteiger partial charge in [0.15, 0.2) is 0 Å². The van der Waals surface area contributed by atoms with Gasteiger partial charge in [-0.2, -0.15) is 0 Å². The number of carbonyl (C=O) groups is 1. The predicted octanol–water partition coefficient (Wildman–Crippen LogP) is 4.03. The van der Waals surface area contributed by atoms with E-state index in [9.17, 15) is 4.79 Å². The van der Waals surface area contributed by atoms with E-state index >= 15 is 0 Å². The Kier molecular flexibility index (Phi) is 3.87. The van der Waals surface area contributed by atoms with Gasteiger partial charge in [-0.1, -0.05) is 12.8 Å². The first kappa shape index (κ1) is 13.5. The first-order valence-electron chi connectivity index (χ1n) is 6.79. The average molecular weight is 298 g/mol. The predicted molar refractivity (Wildman–Crippen MR) is 77.3 cm³/mol. The van der Waals surface area contributed by atoms with Gasteiger partial charge in [0.2, 0.25) is 0 Å². The fourth-order valence-corrected chi connectivity index (χ4v) is 5.01. The van der Waals surface area contributed by atoms with Gasteiger partial charge >= 0.3 is 5.97 Å². The molecule has 1 aromatic rings. The normalized spacial score (nSPS) is 25.2. The van der Waals surface area contributed by atoms with Crippen molar-refractivity contribution >= 4 is 29.1 Å². The molecule has 0 aromatic carbocycles. The Morgan fingerprint density at radius 2 is 2.26 bits per heavy atom. The maximum absolute atomic E-state index is 10.8. The van der Waals surface area contributed by atoms with E-state index in [-0.39, 0.29) is 5.60 Å². The Bertz CT molecular complexity index is 463. The van der Waals surface area contributed by atoms with E-state index < -0.39 is 5.97 Å². The van der Waals surface area contributed by atoms with Crippen molar-refractivity contribution in [3.63, 3.8) is 0 Å². The molecule has 104 valence electrons. The molecule has 1 saturated carbocycles. The van der Waals surface area contributed by atoms with Crippen LogP contribution in [0.15, 0.2) is 16.3 Å². The molecule has 3 nitrogen and oxygen atoms in total. The molecule has 1 unspecified atom stereocenters. The fraction of sp³-hybridized carbons (Fsp3) is 0.643. The summed E-state index contributed by atoms with van der Waals surface area (Å²) < 4.78 is 6.25. The molecule has 1 aromatic heterocycles. The minimum atomic E-state index is -0.834. The van der Waals surface area contributed by atoms with Gasteiger partial charge in [0.05, 0.1) is 11.7 Å². The van der Waals surface area contributed by atoms with E-state index in [0.29, 0.717) is 11.0 Å². The second-order valence-electron chi connectivity index (χ2n) is 5.43. The van der Waals surface area contributed by atoms with Crippen LogP contribution >= 0.6 is 23.1 Å². The highest BCUT2D eigenvalue weighted by Gasteiger charge is 2.41. The number of thioether (sulfide) groups is 1. The molecule has 1 saturated heterocycles. The molecular formula is C14H18O3S2. The molecule has 0 amide bonds. The number of rotatable bonds is 4. The maximum atomic E-state index is 10.8. The summed E-state index contributed by atoms with van der Waals surface area (Å²) in [7, 11) is 0. The third-order valence-corrected chi connectivity index (χ3v) is 6.25. The van der Waals surface area contributed by atoms with Crippen LogP contribution < -0.4 is 0 Å². The Labute approximate surface area is 121 Å². The molecule has 1 aliphatic heterocycles. The van der Waals surface area contributed by atoms with Gasteiger partial charge in [0.25, 0.3) is 0 Å². The Morgan fingerprint density at radius 1 is 1.47 bits per heavy atom. The van der Waals surface area contributed by atoms with Crippen LogP contribution in [0.5, 0.6) is 0 Å². The largest absolute Gasteiger partial charge is 0.477 e. The minimum absolute atomic E-state index is 0.200. The lowest BCUT2D eigenvalue weighted by Crippen LogP contribution is -2.25. The van der Waals surface area contributed by atoms with E-state index in [1.807, 2.05) is 5.38 Å². The number of ether oxygens (including phenoxy) is 1. The zero-order valence-corrected chi connectivity index (χ0v) is 12.4. The number of aromatic carboxylic acids is 1. The smallest absolute Gasteiger partial charge is 0.345 e. The molecule has 1 spiro atoms. The monoisotopic (exact) mass is 298 g/mol. The number of hydrogen-bond donors (Lipinski definition) is 1. The lowest BCUT2D eigenvalue weighted by molar-refractivity contribution is -0.0267. The molecule has 2 fully saturated rings. The SMILES string of the molecule is O=C(O)c1cc(SCC2CCC3(CCCC3)O2)cs1. The summed E-state index contributed by atoms with van der Waals surface area (Å²) >= 11 is 3.02. The van der Waals surface area contributed by atoms with E-state index in [0.717, 1.165) is 17.1 Å². The lowest BCUT2D eigenvalue weighted by Gasteiger charge is -2.23. The standard InChI is InChI=1S/C14H18O3S2/c15-13(16)12-7-11(9-19-12)18-8-10-3-6-14(17-10)4-1-2-5-14/h7,9-10H,1-6,8H2,(H,15,16). The lowest BCUT2D eigenvalue weighted by atomic mass is 9.98. The van der Waals surface area contributed by atoms with Gasteiger partial charge in [-0.25, -0.2) is 4.79 Å². The highest BCUT2D eigenvalue weighted by atomic mass is 32.2. The quantitative estimate of drug-likeness (QED) is 0.853. The highest BCUT2D eigenvalue weighted by Crippen LogP contribution is 2.44. The summed E-state index contributed by atoms with van der Waals surface area (Å²) in [5.74, 6) is 0.108. The number of carboxylic acid groups (broad SMARTS) is 1. The van der Waals surface area contributed by atoms with Crippen molar-refractivity contribution in [2.75, 3.05) is 5.75 Å². The number of carboxylic acids is 1. The third kappa shape index (κ3) is 2.98. The van der Waals surface area contributed by atoms with Crippen molar-refractivity contribution in [3.8, 4) is 0 Å². The van der Waals surface area contributed by atoms with Crippen molar-refractivity contribution in [1.82, 2.24) is 0 Å². The van der Waals surface area contributed by atoms with Crippen LogP contribution in [0, 0.1) is 0 Å². The summed E-state index contributed by atoms with van der Waals surface area (Å²) in [6, 6.07) is 1.76. The Balaban J connectivity index is 1.51. The topological polar surface area (TPSA) is 46.5 Å². The zero-order valence-electron chi connectivity index (χ0n) is 10.8. The van der Waals surface area contributed by atoms with Crippen LogP contribution in [0.2, 0.25) is 0 Å². The van der Waals surface area contributed by atoms with Crippen LogP contribution in [0.3, 0.4) is 0 Å². The summed E-state index contributed by atoms with van der Waals surface area (Å²) in [4.78, 5) is 12.3. The molecule has 1 N–H and O–H groups in total. The minimum Gasteiger partial charge on any atom is -0.477 e. The fourth-order valence-electron chi connectivity index (χ4n) is 3.10. The van der Waals surface area contributed by atoms with Crippen molar-refractivity contribution in [2.45, 2.75) is 55.1 Å². The molecule has 0 radical (unpaired) electrons. The molecular weight excluding hydrogens is 280 g/mol. The van der Waals surface area contributed by atoms with Gasteiger partial charge < -0.3 is 9.84 Å². The average Bonchev–Trinajstić information content (AvgIpc) is 3.10. The van der Waals surface area contributed by atoms with Crippen LogP contribution in [0.4, 0.5) is 0 Å². The second kappa shape index (κ2) is 5.46. The van der Waals surface area contributed by atoms with Crippen LogP contribution in [0.1, 0.15) is 48.2 Å². The first-order chi connectivity index (χ1) is 9.17. The van der Waals surface area contributed by atoms with Crippen LogP contribution in [-0.2, 0) is 4.74 Å². The maximum Gasteiger partial charge on any atom is 0.345 e. The molecule has 2 heterocycles. The van der Waals surface area contributed by atoms with Gasteiger partial charge in [-0.15, -0.1) is 23.1 Å². The molecule has 5 heteroatoms. The molecule has 19 heavy (non-hydrogen) atoms. The zero-order chi connectivity index (χ0) is 13.3. The summed E-state index contributed by atoms with van der Waals surface area (Å²) in [5.41, 5.74) is 0.200. The number of thiophene rings is 1. The van der Waals surface area contributed by atoms with Crippen molar-refractivity contribution in [2.24, 2.45) is 0 Å². The van der Waals surface area contributed by atoms with E-state index in [1.165, 1.54) is 43.4 Å².